The number of hydrogen-bond donors (Lipinski definition) is 2. The number of imidazole rings is 1. The van der Waals surface area contributed by atoms with Crippen molar-refractivity contribution in [1.82, 2.24) is 19.0 Å². The van der Waals surface area contributed by atoms with Crippen LogP contribution in [-0.2, 0) is 26.2 Å². The second-order valence-electron chi connectivity index (χ2n) is 4.06. The van der Waals surface area contributed by atoms with Crippen LogP contribution in [0.3, 0.4) is 0 Å². The number of nitrogens with zero attached hydrogens (tertiary/aromatic N) is 2. The molecule has 0 fully saturated rings. The van der Waals surface area contributed by atoms with Crippen LogP contribution in [0.25, 0.3) is 0 Å². The molecule has 1 atom stereocenters. The topological polar surface area (TPSA) is 104 Å². The van der Waals surface area contributed by atoms with Gasteiger partial charge in [-0.2, -0.15) is 17.4 Å². The second kappa shape index (κ2) is 7.36. The van der Waals surface area contributed by atoms with E-state index in [0.717, 1.165) is 0 Å². The lowest BCUT2D eigenvalue weighted by atomic mass is 10.2. The summed E-state index contributed by atoms with van der Waals surface area (Å²) in [5, 5.41) is 0. The number of aromatic nitrogens is 2. The summed E-state index contributed by atoms with van der Waals surface area (Å²) in [6.07, 6.45) is 3.14. The Hall–Kier alpha value is -1.45. The minimum Gasteiger partial charge on any atom is -0.468 e. The van der Waals surface area contributed by atoms with Crippen LogP contribution < -0.4 is 4.72 Å². The van der Waals surface area contributed by atoms with Gasteiger partial charge in [0.15, 0.2) is 0 Å². The molecule has 1 aromatic rings. The Morgan fingerprint density at radius 3 is 2.60 bits per heavy atom. The minimum absolute atomic E-state index is 0.146. The molecule has 1 heterocycles. The number of esters is 1. The molecule has 0 unspecified atom stereocenters. The number of aromatic amines is 1. The van der Waals surface area contributed by atoms with Crippen molar-refractivity contribution in [1.29, 1.82) is 0 Å². The highest BCUT2D eigenvalue weighted by molar-refractivity contribution is 7.87. The molecule has 20 heavy (non-hydrogen) atoms. The van der Waals surface area contributed by atoms with Gasteiger partial charge in [-0.1, -0.05) is 13.8 Å². The Morgan fingerprint density at radius 2 is 2.15 bits per heavy atom. The second-order valence-corrected chi connectivity index (χ2v) is 5.77. The molecule has 0 amide bonds. The zero-order valence-electron chi connectivity index (χ0n) is 11.8. The number of carbonyl (C=O) groups excluding carboxylic acids is 1. The molecular formula is C11H20N4O4S. The molecule has 0 radical (unpaired) electrons. The Balaban J connectivity index is 2.87. The molecule has 0 aliphatic rings. The third kappa shape index (κ3) is 4.29. The lowest BCUT2D eigenvalue weighted by Crippen LogP contribution is -2.49. The lowest BCUT2D eigenvalue weighted by Gasteiger charge is -2.22. The first-order valence-electron chi connectivity index (χ1n) is 6.27. The zero-order chi connectivity index (χ0) is 15.2. The van der Waals surface area contributed by atoms with Gasteiger partial charge >= 0.3 is 5.97 Å². The zero-order valence-corrected chi connectivity index (χ0v) is 12.6. The Bertz CT molecular complexity index is 511. The van der Waals surface area contributed by atoms with Gasteiger partial charge in [0.2, 0.25) is 0 Å². The summed E-state index contributed by atoms with van der Waals surface area (Å²) in [7, 11) is -2.52. The number of nitrogens with one attached hydrogen (secondary N) is 2. The van der Waals surface area contributed by atoms with Crippen molar-refractivity contribution in [2.75, 3.05) is 20.2 Å². The predicted octanol–water partition coefficient (Wildman–Crippen LogP) is -0.330. The van der Waals surface area contributed by atoms with Gasteiger partial charge < -0.3 is 9.72 Å². The summed E-state index contributed by atoms with van der Waals surface area (Å²) < 4.78 is 32.5. The largest absolute Gasteiger partial charge is 0.468 e. The number of H-pyrrole nitrogens is 1. The first-order chi connectivity index (χ1) is 9.44. The maximum atomic E-state index is 12.1. The average molecular weight is 304 g/mol. The van der Waals surface area contributed by atoms with E-state index in [1.54, 1.807) is 13.8 Å². The molecule has 0 aliphatic heterocycles. The first-order valence-corrected chi connectivity index (χ1v) is 7.71. The quantitative estimate of drug-likeness (QED) is 0.640. The van der Waals surface area contributed by atoms with Crippen molar-refractivity contribution < 1.29 is 17.9 Å². The van der Waals surface area contributed by atoms with E-state index in [-0.39, 0.29) is 6.42 Å². The summed E-state index contributed by atoms with van der Waals surface area (Å²) in [6, 6.07) is -0.994. The van der Waals surface area contributed by atoms with E-state index in [1.165, 1.54) is 23.9 Å². The van der Waals surface area contributed by atoms with Crippen molar-refractivity contribution >= 4 is 16.2 Å². The van der Waals surface area contributed by atoms with Crippen LogP contribution in [0.2, 0.25) is 0 Å². The molecular weight excluding hydrogens is 284 g/mol. The average Bonchev–Trinajstić information content (AvgIpc) is 2.90. The first kappa shape index (κ1) is 16.6. The van der Waals surface area contributed by atoms with Crippen molar-refractivity contribution in [2.45, 2.75) is 26.3 Å². The number of carbonyl (C=O) groups is 1. The third-order valence-electron chi connectivity index (χ3n) is 2.80. The van der Waals surface area contributed by atoms with E-state index in [1.807, 2.05) is 0 Å². The van der Waals surface area contributed by atoms with Crippen LogP contribution in [0.1, 0.15) is 19.5 Å². The van der Waals surface area contributed by atoms with Crippen molar-refractivity contribution in [3.8, 4) is 0 Å². The smallest absolute Gasteiger partial charge is 0.324 e. The van der Waals surface area contributed by atoms with E-state index >= 15 is 0 Å². The van der Waals surface area contributed by atoms with E-state index in [2.05, 4.69) is 19.4 Å². The van der Waals surface area contributed by atoms with E-state index in [4.69, 9.17) is 0 Å². The molecule has 2 N–H and O–H groups in total. The van der Waals surface area contributed by atoms with Gasteiger partial charge in [0.05, 0.1) is 13.4 Å². The third-order valence-corrected chi connectivity index (χ3v) is 4.58. The SMILES string of the molecule is CCN(CC)S(=O)(=O)N[C@@H](Cc1cnc[nH]1)C(=O)OC. The van der Waals surface area contributed by atoms with Crippen LogP contribution >= 0.6 is 0 Å². The number of rotatable bonds is 8. The Morgan fingerprint density at radius 1 is 1.50 bits per heavy atom. The van der Waals surface area contributed by atoms with Gasteiger partial charge in [-0.25, -0.2) is 4.98 Å². The normalized spacial score (nSPS) is 13.4. The molecule has 1 rings (SSSR count). The number of ether oxygens (including phenoxy) is 1. The van der Waals surface area contributed by atoms with Crippen LogP contribution in [0, 0.1) is 0 Å². The fourth-order valence-corrected chi connectivity index (χ4v) is 3.12. The van der Waals surface area contributed by atoms with Gasteiger partial charge in [-0.3, -0.25) is 4.79 Å². The van der Waals surface area contributed by atoms with E-state index in [9.17, 15) is 13.2 Å². The molecule has 0 saturated heterocycles. The molecule has 8 nitrogen and oxygen atoms in total. The van der Waals surface area contributed by atoms with Crippen LogP contribution in [0.4, 0.5) is 0 Å². The molecule has 1 aromatic heterocycles. The highest BCUT2D eigenvalue weighted by atomic mass is 32.2. The highest BCUT2D eigenvalue weighted by Gasteiger charge is 2.28. The van der Waals surface area contributed by atoms with E-state index < -0.39 is 22.2 Å². The molecule has 9 heteroatoms. The molecule has 0 bridgehead atoms. The summed E-state index contributed by atoms with van der Waals surface area (Å²) in [4.78, 5) is 18.4. The van der Waals surface area contributed by atoms with Crippen LogP contribution in [0.5, 0.6) is 0 Å². The van der Waals surface area contributed by atoms with Crippen LogP contribution in [0.15, 0.2) is 12.5 Å². The van der Waals surface area contributed by atoms with Crippen molar-refractivity contribution in [3.05, 3.63) is 18.2 Å². The van der Waals surface area contributed by atoms with Gasteiger partial charge in [-0.05, 0) is 0 Å². The van der Waals surface area contributed by atoms with Crippen molar-refractivity contribution in [3.63, 3.8) is 0 Å². The van der Waals surface area contributed by atoms with Crippen molar-refractivity contribution in [2.24, 2.45) is 0 Å². The summed E-state index contributed by atoms with van der Waals surface area (Å²) in [6.45, 7) is 4.10. The fraction of sp³-hybridized carbons (Fsp3) is 0.636. The predicted molar refractivity (Wildman–Crippen MR) is 73.1 cm³/mol. The maximum Gasteiger partial charge on any atom is 0.324 e. The number of hydrogen-bond acceptors (Lipinski definition) is 5. The van der Waals surface area contributed by atoms with E-state index in [0.29, 0.717) is 18.8 Å². The molecule has 0 spiro atoms. The minimum atomic E-state index is -3.73. The molecule has 114 valence electrons. The Kier molecular flexibility index (Phi) is 6.11. The summed E-state index contributed by atoms with van der Waals surface area (Å²) in [5.74, 6) is -0.643. The fourth-order valence-electron chi connectivity index (χ4n) is 1.75. The monoisotopic (exact) mass is 304 g/mol. The lowest BCUT2D eigenvalue weighted by molar-refractivity contribution is -0.142. The Labute approximate surface area is 118 Å². The molecule has 0 aromatic carbocycles. The summed E-state index contributed by atoms with van der Waals surface area (Å²) in [5.41, 5.74) is 0.641. The van der Waals surface area contributed by atoms with Gasteiger partial charge in [0.25, 0.3) is 10.2 Å². The van der Waals surface area contributed by atoms with Gasteiger partial charge in [-0.15, -0.1) is 0 Å². The number of methoxy groups -OCH3 is 1. The summed E-state index contributed by atoms with van der Waals surface area (Å²) >= 11 is 0. The molecule has 0 aliphatic carbocycles. The van der Waals surface area contributed by atoms with Crippen LogP contribution in [-0.4, -0.2) is 54.9 Å². The maximum absolute atomic E-state index is 12.1. The highest BCUT2D eigenvalue weighted by Crippen LogP contribution is 2.05. The van der Waals surface area contributed by atoms with Gasteiger partial charge in [0.1, 0.15) is 6.04 Å². The van der Waals surface area contributed by atoms with Gasteiger partial charge in [0, 0.05) is 31.4 Å². The molecule has 0 saturated carbocycles. The standard InChI is InChI=1S/C11H20N4O4S/c1-4-15(5-2)20(17,18)14-10(11(16)19-3)6-9-7-12-8-13-9/h7-8,10,14H,4-6H2,1-3H3,(H,12,13)/t10-/m0/s1.